The number of imidazole rings is 1. The summed E-state index contributed by atoms with van der Waals surface area (Å²) in [5, 5.41) is 1.99. The molecule has 1 N–H and O–H groups in total. The van der Waals surface area contributed by atoms with Crippen molar-refractivity contribution in [3.63, 3.8) is 0 Å². The van der Waals surface area contributed by atoms with Crippen LogP contribution in [-0.4, -0.2) is 31.6 Å². The molecule has 0 fully saturated rings. The third kappa shape index (κ3) is 1.79. The predicted octanol–water partition coefficient (Wildman–Crippen LogP) is 2.00. The van der Waals surface area contributed by atoms with Gasteiger partial charge < -0.3 is 9.72 Å². The Hall–Kier alpha value is -1.80. The second-order valence-corrected chi connectivity index (χ2v) is 4.68. The van der Waals surface area contributed by atoms with Crippen molar-refractivity contribution in [1.29, 1.82) is 0 Å². The minimum atomic E-state index is 0.489. The molecule has 0 saturated heterocycles. The largest absolute Gasteiger partial charge is 0.479 e. The first-order valence-corrected chi connectivity index (χ1v) is 6.49. The molecular weight excluding hydrogens is 270 g/mol. The number of nitrogens with zero attached hydrogens (tertiary/aromatic N) is 4. The van der Waals surface area contributed by atoms with Crippen LogP contribution in [0.1, 0.15) is 5.69 Å². The van der Waals surface area contributed by atoms with Crippen LogP contribution in [0.25, 0.3) is 11.2 Å². The molecule has 92 valence electrons. The van der Waals surface area contributed by atoms with E-state index in [9.17, 15) is 0 Å². The molecule has 0 bridgehead atoms. The van der Waals surface area contributed by atoms with E-state index in [4.69, 9.17) is 17.0 Å². The molecule has 3 aromatic rings. The molecule has 3 aromatic heterocycles. The number of thiazole rings is 1. The van der Waals surface area contributed by atoms with E-state index in [-0.39, 0.29) is 0 Å². The monoisotopic (exact) mass is 279 g/mol. The highest BCUT2D eigenvalue weighted by Gasteiger charge is 2.12. The van der Waals surface area contributed by atoms with E-state index in [1.165, 1.54) is 6.33 Å². The molecular formula is C10H9N5OS2. The second kappa shape index (κ2) is 4.46. The molecule has 0 unspecified atom stereocenters. The fourth-order valence-electron chi connectivity index (χ4n) is 1.72. The summed E-state index contributed by atoms with van der Waals surface area (Å²) in [6.07, 6.45) is 1.46. The Morgan fingerprint density at radius 1 is 1.44 bits per heavy atom. The van der Waals surface area contributed by atoms with Gasteiger partial charge in [0, 0.05) is 5.38 Å². The molecule has 6 nitrogen and oxygen atoms in total. The minimum absolute atomic E-state index is 0.489. The number of aromatic nitrogens is 5. The first kappa shape index (κ1) is 11.3. The third-order valence-electron chi connectivity index (χ3n) is 2.52. The van der Waals surface area contributed by atoms with Crippen molar-refractivity contribution >= 4 is 34.7 Å². The average molecular weight is 279 g/mol. The molecule has 0 radical (unpaired) electrons. The van der Waals surface area contributed by atoms with Crippen LogP contribution in [0.4, 0.5) is 0 Å². The van der Waals surface area contributed by atoms with Gasteiger partial charge in [0.05, 0.1) is 24.9 Å². The number of hydrogen-bond donors (Lipinski definition) is 1. The maximum absolute atomic E-state index is 5.29. The van der Waals surface area contributed by atoms with Crippen molar-refractivity contribution in [3.8, 4) is 5.88 Å². The Kier molecular flexibility index (Phi) is 2.80. The standard InChI is InChI=1S/C10H9N5OS2/c1-16-9-7-8(11-4-12-9)15(10(17)14-7)2-6-3-18-5-13-6/h3-5H,2H2,1H3,(H,14,17). The van der Waals surface area contributed by atoms with Gasteiger partial charge in [0.2, 0.25) is 5.88 Å². The highest BCUT2D eigenvalue weighted by atomic mass is 32.1. The van der Waals surface area contributed by atoms with Gasteiger partial charge in [0.1, 0.15) is 11.8 Å². The van der Waals surface area contributed by atoms with Gasteiger partial charge >= 0.3 is 0 Å². The molecule has 0 aliphatic rings. The van der Waals surface area contributed by atoms with Crippen LogP contribution in [0.3, 0.4) is 0 Å². The summed E-state index contributed by atoms with van der Waals surface area (Å²) >= 11 is 6.85. The van der Waals surface area contributed by atoms with Crippen LogP contribution >= 0.6 is 23.6 Å². The molecule has 8 heteroatoms. The lowest BCUT2D eigenvalue weighted by atomic mass is 10.4. The van der Waals surface area contributed by atoms with Crippen molar-refractivity contribution in [3.05, 3.63) is 27.7 Å². The lowest BCUT2D eigenvalue weighted by Crippen LogP contribution is -2.01. The summed E-state index contributed by atoms with van der Waals surface area (Å²) in [5.74, 6) is 0.489. The Bertz CT molecular complexity index is 730. The van der Waals surface area contributed by atoms with Crippen LogP contribution in [-0.2, 0) is 6.54 Å². The molecule has 0 aromatic carbocycles. The summed E-state index contributed by atoms with van der Waals surface area (Å²) in [6.45, 7) is 0.586. The Balaban J connectivity index is 2.17. The number of fused-ring (bicyclic) bond motifs is 1. The number of aromatic amines is 1. The summed E-state index contributed by atoms with van der Waals surface area (Å²) in [6, 6.07) is 0. The SMILES string of the molecule is COc1ncnc2c1[nH]c(=S)n2Cc1cscn1. The second-order valence-electron chi connectivity index (χ2n) is 3.58. The van der Waals surface area contributed by atoms with Crippen LogP contribution in [0, 0.1) is 4.77 Å². The van der Waals surface area contributed by atoms with Gasteiger partial charge in [-0.25, -0.2) is 9.97 Å². The van der Waals surface area contributed by atoms with E-state index in [0.29, 0.717) is 22.7 Å². The quantitative estimate of drug-likeness (QED) is 0.743. The Labute approximate surface area is 111 Å². The highest BCUT2D eigenvalue weighted by molar-refractivity contribution is 7.71. The molecule has 0 saturated carbocycles. The number of hydrogen-bond acceptors (Lipinski definition) is 6. The minimum Gasteiger partial charge on any atom is -0.479 e. The van der Waals surface area contributed by atoms with E-state index >= 15 is 0 Å². The predicted molar refractivity (Wildman–Crippen MR) is 70.5 cm³/mol. The van der Waals surface area contributed by atoms with Gasteiger partial charge in [-0.2, -0.15) is 4.98 Å². The molecule has 0 aliphatic heterocycles. The van der Waals surface area contributed by atoms with Gasteiger partial charge in [-0.05, 0) is 12.2 Å². The fourth-order valence-corrected chi connectivity index (χ4v) is 2.53. The van der Waals surface area contributed by atoms with Gasteiger partial charge in [0.25, 0.3) is 0 Å². The Morgan fingerprint density at radius 3 is 3.06 bits per heavy atom. The van der Waals surface area contributed by atoms with Crippen molar-refractivity contribution < 1.29 is 4.74 Å². The van der Waals surface area contributed by atoms with Crippen molar-refractivity contribution in [2.24, 2.45) is 0 Å². The molecule has 0 amide bonds. The van der Waals surface area contributed by atoms with Crippen LogP contribution < -0.4 is 4.74 Å². The lowest BCUT2D eigenvalue weighted by Gasteiger charge is -2.01. The summed E-state index contributed by atoms with van der Waals surface area (Å²) in [4.78, 5) is 15.6. The molecule has 3 rings (SSSR count). The smallest absolute Gasteiger partial charge is 0.242 e. The number of rotatable bonds is 3. The van der Waals surface area contributed by atoms with Gasteiger partial charge in [-0.1, -0.05) is 0 Å². The zero-order chi connectivity index (χ0) is 12.5. The zero-order valence-corrected chi connectivity index (χ0v) is 11.1. The van der Waals surface area contributed by atoms with Crippen molar-refractivity contribution in [2.45, 2.75) is 6.54 Å². The maximum atomic E-state index is 5.29. The topological polar surface area (TPSA) is 68.6 Å². The number of methoxy groups -OCH3 is 1. The van der Waals surface area contributed by atoms with Gasteiger partial charge in [-0.15, -0.1) is 11.3 Å². The van der Waals surface area contributed by atoms with Crippen LogP contribution in [0.5, 0.6) is 5.88 Å². The van der Waals surface area contributed by atoms with Gasteiger partial charge in [0.15, 0.2) is 10.4 Å². The molecule has 0 atom stereocenters. The number of nitrogens with one attached hydrogen (secondary N) is 1. The van der Waals surface area contributed by atoms with Crippen molar-refractivity contribution in [2.75, 3.05) is 7.11 Å². The first-order chi connectivity index (χ1) is 8.79. The third-order valence-corrected chi connectivity index (χ3v) is 3.48. The fraction of sp³-hybridized carbons (Fsp3) is 0.200. The van der Waals surface area contributed by atoms with Gasteiger partial charge in [-0.3, -0.25) is 4.57 Å². The molecule has 0 spiro atoms. The summed E-state index contributed by atoms with van der Waals surface area (Å²) in [5.41, 5.74) is 4.18. The first-order valence-electron chi connectivity index (χ1n) is 5.14. The molecule has 3 heterocycles. The molecule has 18 heavy (non-hydrogen) atoms. The molecule has 0 aliphatic carbocycles. The van der Waals surface area contributed by atoms with E-state index in [1.54, 1.807) is 24.0 Å². The van der Waals surface area contributed by atoms with E-state index in [2.05, 4.69) is 19.9 Å². The summed E-state index contributed by atoms with van der Waals surface area (Å²) < 4.78 is 7.63. The normalized spacial score (nSPS) is 10.9. The highest BCUT2D eigenvalue weighted by Crippen LogP contribution is 2.20. The van der Waals surface area contributed by atoms with E-state index in [1.807, 2.05) is 9.95 Å². The zero-order valence-electron chi connectivity index (χ0n) is 9.45. The van der Waals surface area contributed by atoms with E-state index in [0.717, 1.165) is 11.3 Å². The summed E-state index contributed by atoms with van der Waals surface area (Å²) in [7, 11) is 1.57. The van der Waals surface area contributed by atoms with Crippen LogP contribution in [0.2, 0.25) is 0 Å². The maximum Gasteiger partial charge on any atom is 0.242 e. The van der Waals surface area contributed by atoms with E-state index < -0.39 is 0 Å². The van der Waals surface area contributed by atoms with Crippen molar-refractivity contribution in [1.82, 2.24) is 24.5 Å². The lowest BCUT2D eigenvalue weighted by molar-refractivity contribution is 0.401. The number of H-pyrrole nitrogens is 1. The van der Waals surface area contributed by atoms with Crippen LogP contribution in [0.15, 0.2) is 17.2 Å². The average Bonchev–Trinajstić information content (AvgIpc) is 2.99. The number of ether oxygens (including phenoxy) is 1. The Morgan fingerprint density at radius 2 is 2.33 bits per heavy atom.